The highest BCUT2D eigenvalue weighted by Crippen LogP contribution is 2.17. The van der Waals surface area contributed by atoms with Crippen molar-refractivity contribution >= 4 is 11.6 Å². The van der Waals surface area contributed by atoms with Crippen LogP contribution < -0.4 is 0 Å². The van der Waals surface area contributed by atoms with E-state index in [4.69, 9.17) is 21.1 Å². The van der Waals surface area contributed by atoms with Crippen LogP contribution in [0, 0.1) is 0 Å². The van der Waals surface area contributed by atoms with Crippen molar-refractivity contribution in [3.8, 4) is 0 Å². The van der Waals surface area contributed by atoms with Gasteiger partial charge in [0.25, 0.3) is 0 Å². The first-order valence-corrected chi connectivity index (χ1v) is 20.6. The maximum absolute atomic E-state index is 6.55. The van der Waals surface area contributed by atoms with Gasteiger partial charge >= 0.3 is 0 Å². The van der Waals surface area contributed by atoms with Crippen LogP contribution in [0.15, 0.2) is 0 Å². The summed E-state index contributed by atoms with van der Waals surface area (Å²) in [6.07, 6.45) is 45.7. The van der Waals surface area contributed by atoms with E-state index < -0.39 is 0 Å². The number of hydrogen-bond donors (Lipinski definition) is 0. The molecule has 0 aromatic rings. The van der Waals surface area contributed by atoms with E-state index in [-0.39, 0.29) is 11.7 Å². The fourth-order valence-corrected chi connectivity index (χ4v) is 6.56. The minimum atomic E-state index is -0.303. The summed E-state index contributed by atoms with van der Waals surface area (Å²) in [6, 6.07) is 0. The fraction of sp³-hybridized carbons (Fsp3) is 1.00. The first-order valence-electron chi connectivity index (χ1n) is 20.1. The number of unbranched alkanes of at least 4 members (excludes halogenated alkanes) is 30. The van der Waals surface area contributed by atoms with Gasteiger partial charge in [0.2, 0.25) is 0 Å². The fourth-order valence-electron chi connectivity index (χ4n) is 6.22. The molecular weight excluding hydrogens is 548 g/mol. The zero-order valence-electron chi connectivity index (χ0n) is 30.1. The van der Waals surface area contributed by atoms with Crippen molar-refractivity contribution in [2.75, 3.05) is 13.2 Å². The third-order valence-corrected chi connectivity index (χ3v) is 9.71. The van der Waals surface area contributed by atoms with Gasteiger partial charge in [-0.05, 0) is 19.3 Å². The van der Waals surface area contributed by atoms with Gasteiger partial charge in [0.1, 0.15) is 0 Å². The first kappa shape index (κ1) is 43.2. The number of hydrogen-bond acceptors (Lipinski definition) is 2. The van der Waals surface area contributed by atoms with Gasteiger partial charge in [0.05, 0.1) is 6.10 Å². The van der Waals surface area contributed by atoms with Crippen molar-refractivity contribution in [3.05, 3.63) is 0 Å². The van der Waals surface area contributed by atoms with Crippen LogP contribution in [0.25, 0.3) is 0 Å². The molecule has 0 rings (SSSR count). The molecule has 0 bridgehead atoms. The van der Waals surface area contributed by atoms with Crippen LogP contribution in [0.1, 0.15) is 233 Å². The monoisotopic (exact) mass is 629 g/mol. The van der Waals surface area contributed by atoms with Crippen LogP contribution in [-0.2, 0) is 9.47 Å². The molecule has 43 heavy (non-hydrogen) atoms. The SMILES string of the molecule is CCCCCCCCCCCCCCCCCCOC(Cl)C(CC)OCCCCCCCCCCCCCCCCCC. The lowest BCUT2D eigenvalue weighted by molar-refractivity contribution is -0.0401. The molecule has 0 spiro atoms. The molecule has 260 valence electrons. The molecule has 2 unspecified atom stereocenters. The summed E-state index contributed by atoms with van der Waals surface area (Å²) in [4.78, 5) is 0. The minimum absolute atomic E-state index is 0.0269. The van der Waals surface area contributed by atoms with Crippen molar-refractivity contribution in [2.45, 2.75) is 244 Å². The second-order valence-corrected chi connectivity index (χ2v) is 14.1. The minimum Gasteiger partial charge on any atom is -0.374 e. The Labute approximate surface area is 278 Å². The smallest absolute Gasteiger partial charge is 0.157 e. The van der Waals surface area contributed by atoms with E-state index in [9.17, 15) is 0 Å². The average Bonchev–Trinajstić information content (AvgIpc) is 3.02. The van der Waals surface area contributed by atoms with Crippen molar-refractivity contribution in [2.24, 2.45) is 0 Å². The number of ether oxygens (including phenoxy) is 2. The van der Waals surface area contributed by atoms with Gasteiger partial charge in [-0.3, -0.25) is 0 Å². The maximum atomic E-state index is 6.55. The highest BCUT2D eigenvalue weighted by atomic mass is 35.5. The molecule has 0 fully saturated rings. The zero-order chi connectivity index (χ0) is 31.3. The van der Waals surface area contributed by atoms with Crippen LogP contribution in [-0.4, -0.2) is 24.9 Å². The Morgan fingerprint density at radius 3 is 0.814 bits per heavy atom. The molecule has 0 saturated heterocycles. The molecule has 0 aromatic carbocycles. The molecule has 0 aromatic heterocycles. The Hall–Kier alpha value is 0.210. The molecule has 0 aliphatic heterocycles. The second kappa shape index (κ2) is 38.4. The van der Waals surface area contributed by atoms with E-state index in [0.29, 0.717) is 0 Å². The lowest BCUT2D eigenvalue weighted by Gasteiger charge is -2.22. The van der Waals surface area contributed by atoms with Crippen LogP contribution in [0.2, 0.25) is 0 Å². The molecule has 0 aliphatic rings. The molecule has 0 amide bonds. The highest BCUT2D eigenvalue weighted by molar-refractivity contribution is 6.20. The van der Waals surface area contributed by atoms with E-state index >= 15 is 0 Å². The van der Waals surface area contributed by atoms with Gasteiger partial charge < -0.3 is 9.47 Å². The largest absolute Gasteiger partial charge is 0.374 e. The molecule has 0 aliphatic carbocycles. The summed E-state index contributed by atoms with van der Waals surface area (Å²) in [5.41, 5.74) is -0.303. The standard InChI is InChI=1S/C40H81ClO2/c1-4-7-9-11-13-15-17-19-21-23-25-27-29-31-33-35-37-42-39(6-3)40(41)43-38-36-34-32-30-28-26-24-22-20-18-16-14-12-10-8-5-2/h39-40H,4-38H2,1-3H3. The topological polar surface area (TPSA) is 18.5 Å². The lowest BCUT2D eigenvalue weighted by Crippen LogP contribution is -2.27. The first-order chi connectivity index (χ1) is 21.3. The van der Waals surface area contributed by atoms with Crippen molar-refractivity contribution < 1.29 is 9.47 Å². The van der Waals surface area contributed by atoms with E-state index in [0.717, 1.165) is 32.5 Å². The van der Waals surface area contributed by atoms with Crippen LogP contribution in [0.4, 0.5) is 0 Å². The molecule has 2 nitrogen and oxygen atoms in total. The lowest BCUT2D eigenvalue weighted by atomic mass is 10.0. The molecule has 0 saturated carbocycles. The third kappa shape index (κ3) is 34.9. The number of halogens is 1. The van der Waals surface area contributed by atoms with Crippen molar-refractivity contribution in [1.82, 2.24) is 0 Å². The molecule has 0 N–H and O–H groups in total. The van der Waals surface area contributed by atoms with E-state index in [1.807, 2.05) is 0 Å². The summed E-state index contributed by atoms with van der Waals surface area (Å²) in [5.74, 6) is 0. The normalized spacial score (nSPS) is 13.1. The average molecular weight is 630 g/mol. The maximum Gasteiger partial charge on any atom is 0.157 e. The highest BCUT2D eigenvalue weighted by Gasteiger charge is 2.18. The van der Waals surface area contributed by atoms with E-state index in [2.05, 4.69) is 20.8 Å². The van der Waals surface area contributed by atoms with Gasteiger partial charge in [-0.15, -0.1) is 0 Å². The Kier molecular flexibility index (Phi) is 38.6. The second-order valence-electron chi connectivity index (χ2n) is 13.6. The van der Waals surface area contributed by atoms with Gasteiger partial charge in [0.15, 0.2) is 5.56 Å². The summed E-state index contributed by atoms with van der Waals surface area (Å²) < 4.78 is 12.0. The van der Waals surface area contributed by atoms with Crippen LogP contribution in [0.3, 0.4) is 0 Å². The Balaban J connectivity index is 3.36. The predicted octanol–water partition coefficient (Wildman–Crippen LogP) is 14.9. The number of rotatable bonds is 38. The number of alkyl halides is 1. The molecule has 2 atom stereocenters. The molecule has 0 heterocycles. The summed E-state index contributed by atoms with van der Waals surface area (Å²) in [7, 11) is 0. The Morgan fingerprint density at radius 2 is 0.558 bits per heavy atom. The van der Waals surface area contributed by atoms with Gasteiger partial charge in [0, 0.05) is 13.2 Å². The van der Waals surface area contributed by atoms with Crippen LogP contribution >= 0.6 is 11.6 Å². The Bertz CT molecular complexity index is 485. The van der Waals surface area contributed by atoms with Gasteiger partial charge in [-0.2, -0.15) is 0 Å². The zero-order valence-corrected chi connectivity index (χ0v) is 30.9. The summed E-state index contributed by atoms with van der Waals surface area (Å²) >= 11 is 6.55. The predicted molar refractivity (Wildman–Crippen MR) is 195 cm³/mol. The van der Waals surface area contributed by atoms with E-state index in [1.54, 1.807) is 0 Å². The Morgan fingerprint density at radius 1 is 0.326 bits per heavy atom. The molecular formula is C40H81ClO2. The van der Waals surface area contributed by atoms with Gasteiger partial charge in [-0.25, -0.2) is 0 Å². The van der Waals surface area contributed by atoms with Gasteiger partial charge in [-0.1, -0.05) is 225 Å². The van der Waals surface area contributed by atoms with Crippen molar-refractivity contribution in [3.63, 3.8) is 0 Å². The quantitative estimate of drug-likeness (QED) is 0.0500. The van der Waals surface area contributed by atoms with Crippen LogP contribution in [0.5, 0.6) is 0 Å². The summed E-state index contributed by atoms with van der Waals surface area (Å²) in [5, 5.41) is 0. The summed E-state index contributed by atoms with van der Waals surface area (Å²) in [6.45, 7) is 8.34. The third-order valence-electron chi connectivity index (χ3n) is 9.30. The van der Waals surface area contributed by atoms with Crippen molar-refractivity contribution in [1.29, 1.82) is 0 Å². The van der Waals surface area contributed by atoms with E-state index in [1.165, 1.54) is 193 Å². The molecule has 3 heteroatoms. The molecule has 0 radical (unpaired) electrons.